The molecule has 3 N–H and O–H groups in total. The first-order valence-electron chi connectivity index (χ1n) is 9.37. The number of nitrogen functional groups attached to an aromatic ring is 1. The molecule has 9 heteroatoms. The smallest absolute Gasteiger partial charge is 0.153 e. The average molecular weight is 419 g/mol. The minimum atomic E-state index is -0.290. The number of nitrogens with one attached hydrogen (secondary N) is 1. The van der Waals surface area contributed by atoms with Gasteiger partial charge in [-0.05, 0) is 35.9 Å². The molecule has 1 aliphatic rings. The fraction of sp³-hybridized carbons (Fsp3) is 0.350. The van der Waals surface area contributed by atoms with Crippen LogP contribution in [0, 0.1) is 5.82 Å². The Morgan fingerprint density at radius 2 is 1.97 bits per heavy atom. The largest absolute Gasteiger partial charge is 0.382 e. The number of rotatable bonds is 6. The summed E-state index contributed by atoms with van der Waals surface area (Å²) in [5.41, 5.74) is 9.30. The van der Waals surface area contributed by atoms with Gasteiger partial charge in [-0.1, -0.05) is 0 Å². The lowest BCUT2D eigenvalue weighted by Gasteiger charge is -2.26. The Balaban J connectivity index is 0.00000240. The lowest BCUT2D eigenvalue weighted by atomic mass is 10.1. The van der Waals surface area contributed by atoms with Crippen LogP contribution in [0.3, 0.4) is 0 Å². The molecule has 0 saturated carbocycles. The predicted molar refractivity (Wildman–Crippen MR) is 113 cm³/mol. The quantitative estimate of drug-likeness (QED) is 0.593. The molecule has 0 radical (unpaired) electrons. The molecule has 0 aliphatic carbocycles. The van der Waals surface area contributed by atoms with Crippen LogP contribution in [-0.2, 0) is 11.3 Å². The number of anilines is 1. The monoisotopic (exact) mass is 418 g/mol. The normalized spacial score (nSPS) is 14.7. The Bertz CT molecular complexity index is 967. The minimum Gasteiger partial charge on any atom is -0.382 e. The first kappa shape index (κ1) is 21.3. The van der Waals surface area contributed by atoms with Crippen LogP contribution in [0.15, 0.2) is 36.7 Å². The molecular weight excluding hydrogens is 395 g/mol. The number of hydrogen-bond donors (Lipinski definition) is 2. The minimum absolute atomic E-state index is 0. The number of pyridine rings is 1. The van der Waals surface area contributed by atoms with E-state index in [9.17, 15) is 4.39 Å². The highest BCUT2D eigenvalue weighted by molar-refractivity contribution is 5.86. The van der Waals surface area contributed by atoms with E-state index < -0.39 is 0 Å². The van der Waals surface area contributed by atoms with Crippen LogP contribution >= 0.6 is 12.4 Å². The standard InChI is InChI=1S/C20H23FN6O.ClH/c21-16-10-14(12-23-3-4-27-5-7-28-8-6-27)9-15(11-16)17-1-2-18-19(26-17)20(22)25-13-24-18;/h1-2,9-11,13,23H,3-8,12H2,(H2,22,24,25);1H. The molecule has 7 nitrogen and oxygen atoms in total. The van der Waals surface area contributed by atoms with Crippen LogP contribution < -0.4 is 11.1 Å². The van der Waals surface area contributed by atoms with Gasteiger partial charge in [0.15, 0.2) is 5.82 Å². The molecule has 0 bridgehead atoms. The van der Waals surface area contributed by atoms with Gasteiger partial charge in [-0.25, -0.2) is 19.3 Å². The summed E-state index contributed by atoms with van der Waals surface area (Å²) >= 11 is 0. The molecule has 3 heterocycles. The van der Waals surface area contributed by atoms with Crippen molar-refractivity contribution in [1.29, 1.82) is 0 Å². The Morgan fingerprint density at radius 1 is 1.14 bits per heavy atom. The molecule has 0 unspecified atom stereocenters. The summed E-state index contributed by atoms with van der Waals surface area (Å²) in [5, 5.41) is 3.38. The molecule has 154 valence electrons. The van der Waals surface area contributed by atoms with Crippen molar-refractivity contribution in [2.75, 3.05) is 45.1 Å². The van der Waals surface area contributed by atoms with Gasteiger partial charge in [-0.3, -0.25) is 4.90 Å². The number of fused-ring (bicyclic) bond motifs is 1. The van der Waals surface area contributed by atoms with E-state index in [-0.39, 0.29) is 18.2 Å². The Morgan fingerprint density at radius 3 is 2.79 bits per heavy atom. The van der Waals surface area contributed by atoms with Crippen LogP contribution in [0.2, 0.25) is 0 Å². The number of halogens is 2. The van der Waals surface area contributed by atoms with Crippen molar-refractivity contribution in [2.24, 2.45) is 0 Å². The molecule has 29 heavy (non-hydrogen) atoms. The fourth-order valence-corrected chi connectivity index (χ4v) is 3.31. The zero-order valence-corrected chi connectivity index (χ0v) is 16.8. The van der Waals surface area contributed by atoms with Crippen molar-refractivity contribution in [1.82, 2.24) is 25.2 Å². The molecule has 0 amide bonds. The Kier molecular flexibility index (Phi) is 7.27. The van der Waals surface area contributed by atoms with Crippen molar-refractivity contribution in [3.63, 3.8) is 0 Å². The number of benzene rings is 1. The predicted octanol–water partition coefficient (Wildman–Crippen LogP) is 2.26. The molecule has 2 aromatic heterocycles. The summed E-state index contributed by atoms with van der Waals surface area (Å²) in [4.78, 5) is 15.0. The second-order valence-corrected chi connectivity index (χ2v) is 6.80. The lowest BCUT2D eigenvalue weighted by molar-refractivity contribution is 0.0384. The molecule has 1 aliphatic heterocycles. The highest BCUT2D eigenvalue weighted by atomic mass is 35.5. The number of aromatic nitrogens is 3. The number of ether oxygens (including phenoxy) is 1. The van der Waals surface area contributed by atoms with E-state index in [2.05, 4.69) is 25.2 Å². The van der Waals surface area contributed by atoms with Gasteiger partial charge >= 0.3 is 0 Å². The van der Waals surface area contributed by atoms with E-state index in [1.807, 2.05) is 18.2 Å². The molecular formula is C20H24ClFN6O. The second-order valence-electron chi connectivity index (χ2n) is 6.80. The van der Waals surface area contributed by atoms with Gasteiger partial charge in [-0.15, -0.1) is 12.4 Å². The van der Waals surface area contributed by atoms with Gasteiger partial charge in [-0.2, -0.15) is 0 Å². The third-order valence-corrected chi connectivity index (χ3v) is 4.80. The number of nitrogens with zero attached hydrogens (tertiary/aromatic N) is 4. The third-order valence-electron chi connectivity index (χ3n) is 4.80. The van der Waals surface area contributed by atoms with Crippen LogP contribution in [0.5, 0.6) is 0 Å². The zero-order chi connectivity index (χ0) is 19.3. The van der Waals surface area contributed by atoms with Crippen LogP contribution in [0.4, 0.5) is 10.2 Å². The highest BCUT2D eigenvalue weighted by Gasteiger charge is 2.10. The van der Waals surface area contributed by atoms with Crippen molar-refractivity contribution in [3.05, 3.63) is 48.0 Å². The Labute approximate surface area is 174 Å². The van der Waals surface area contributed by atoms with Crippen molar-refractivity contribution < 1.29 is 9.13 Å². The van der Waals surface area contributed by atoms with Crippen LogP contribution in [0.1, 0.15) is 5.56 Å². The van der Waals surface area contributed by atoms with Crippen molar-refractivity contribution >= 4 is 29.3 Å². The Hall–Kier alpha value is -2.39. The van der Waals surface area contributed by atoms with Gasteiger partial charge in [0.25, 0.3) is 0 Å². The lowest BCUT2D eigenvalue weighted by Crippen LogP contribution is -2.40. The summed E-state index contributed by atoms with van der Waals surface area (Å²) in [7, 11) is 0. The second kappa shape index (κ2) is 9.89. The summed E-state index contributed by atoms with van der Waals surface area (Å²) in [6.45, 7) is 5.90. The van der Waals surface area contributed by atoms with Crippen molar-refractivity contribution in [2.45, 2.75) is 6.54 Å². The average Bonchev–Trinajstić information content (AvgIpc) is 2.72. The maximum absolute atomic E-state index is 14.2. The first-order valence-corrected chi connectivity index (χ1v) is 9.37. The number of morpholine rings is 1. The van der Waals surface area contributed by atoms with Gasteiger partial charge in [0, 0.05) is 38.3 Å². The molecule has 4 rings (SSSR count). The van der Waals surface area contributed by atoms with Crippen molar-refractivity contribution in [3.8, 4) is 11.3 Å². The third kappa shape index (κ3) is 5.36. The topological polar surface area (TPSA) is 89.2 Å². The SMILES string of the molecule is Cl.Nc1ncnc2ccc(-c3cc(F)cc(CNCCN4CCOCC4)c3)nc12. The van der Waals surface area contributed by atoms with E-state index in [4.69, 9.17) is 10.5 Å². The van der Waals surface area contributed by atoms with E-state index in [0.717, 1.165) is 45.0 Å². The summed E-state index contributed by atoms with van der Waals surface area (Å²) < 4.78 is 19.5. The fourth-order valence-electron chi connectivity index (χ4n) is 3.31. The van der Waals surface area contributed by atoms with Gasteiger partial charge in [0.05, 0.1) is 24.4 Å². The maximum Gasteiger partial charge on any atom is 0.153 e. The highest BCUT2D eigenvalue weighted by Crippen LogP contribution is 2.24. The molecule has 1 fully saturated rings. The maximum atomic E-state index is 14.2. The zero-order valence-electron chi connectivity index (χ0n) is 16.0. The van der Waals surface area contributed by atoms with E-state index in [0.29, 0.717) is 34.7 Å². The van der Waals surface area contributed by atoms with Gasteiger partial charge in [0.2, 0.25) is 0 Å². The summed E-state index contributed by atoms with van der Waals surface area (Å²) in [5.74, 6) is 0.0231. The summed E-state index contributed by atoms with van der Waals surface area (Å²) in [6.07, 6.45) is 1.40. The van der Waals surface area contributed by atoms with E-state index in [1.165, 1.54) is 12.4 Å². The molecule has 3 aromatic rings. The molecule has 0 atom stereocenters. The van der Waals surface area contributed by atoms with Gasteiger partial charge < -0.3 is 15.8 Å². The number of nitrogens with two attached hydrogens (primary N) is 1. The number of hydrogen-bond acceptors (Lipinski definition) is 7. The first-order chi connectivity index (χ1) is 13.7. The van der Waals surface area contributed by atoms with E-state index in [1.54, 1.807) is 6.07 Å². The van der Waals surface area contributed by atoms with Gasteiger partial charge in [0.1, 0.15) is 17.7 Å². The summed E-state index contributed by atoms with van der Waals surface area (Å²) in [6, 6.07) is 8.61. The van der Waals surface area contributed by atoms with Crippen LogP contribution in [-0.4, -0.2) is 59.2 Å². The van der Waals surface area contributed by atoms with E-state index >= 15 is 0 Å². The van der Waals surface area contributed by atoms with Crippen LogP contribution in [0.25, 0.3) is 22.3 Å². The molecule has 1 saturated heterocycles. The molecule has 1 aromatic carbocycles. The molecule has 0 spiro atoms.